The van der Waals surface area contributed by atoms with Crippen molar-refractivity contribution in [3.05, 3.63) is 36.0 Å². The van der Waals surface area contributed by atoms with Crippen molar-refractivity contribution >= 4 is 16.9 Å². The summed E-state index contributed by atoms with van der Waals surface area (Å²) >= 11 is 0. The molecule has 4 heteroatoms. The van der Waals surface area contributed by atoms with Crippen LogP contribution in [0.25, 0.3) is 10.9 Å². The van der Waals surface area contributed by atoms with Gasteiger partial charge in [0, 0.05) is 11.6 Å². The molecule has 0 aliphatic rings. The molecule has 0 unspecified atom stereocenters. The molecule has 1 aromatic carbocycles. The molecule has 0 fully saturated rings. The summed E-state index contributed by atoms with van der Waals surface area (Å²) in [5.74, 6) is 0.339. The first kappa shape index (κ1) is 14.3. The van der Waals surface area contributed by atoms with Gasteiger partial charge in [-0.05, 0) is 45.9 Å². The number of fused-ring (bicyclic) bond motifs is 1. The molecule has 0 spiro atoms. The Morgan fingerprint density at radius 2 is 1.85 bits per heavy atom. The molecular weight excluding hydrogens is 254 g/mol. The lowest BCUT2D eigenvalue weighted by Crippen LogP contribution is -2.13. The Kier molecular flexibility index (Phi) is 4.23. The number of carbonyl (C=O) groups is 1. The van der Waals surface area contributed by atoms with Crippen molar-refractivity contribution in [1.82, 2.24) is 4.98 Å². The van der Waals surface area contributed by atoms with Gasteiger partial charge in [0.1, 0.15) is 11.3 Å². The van der Waals surface area contributed by atoms with E-state index in [1.807, 2.05) is 33.8 Å². The molecule has 106 valence electrons. The van der Waals surface area contributed by atoms with Gasteiger partial charge >= 0.3 is 5.97 Å². The second-order valence-corrected chi connectivity index (χ2v) is 5.13. The lowest BCUT2D eigenvalue weighted by atomic mass is 10.1. The molecule has 0 saturated carbocycles. The van der Waals surface area contributed by atoms with Crippen LogP contribution in [-0.4, -0.2) is 23.2 Å². The topological polar surface area (TPSA) is 48.4 Å². The number of pyridine rings is 1. The third-order valence-corrected chi connectivity index (χ3v) is 2.66. The highest BCUT2D eigenvalue weighted by Crippen LogP contribution is 2.28. The first-order valence-corrected chi connectivity index (χ1v) is 6.74. The van der Waals surface area contributed by atoms with E-state index in [1.165, 1.54) is 0 Å². The molecule has 4 nitrogen and oxygen atoms in total. The molecule has 0 amide bonds. The fourth-order valence-electron chi connectivity index (χ4n) is 1.95. The van der Waals surface area contributed by atoms with Gasteiger partial charge in [-0.1, -0.05) is 6.07 Å². The number of esters is 1. The summed E-state index contributed by atoms with van der Waals surface area (Å²) in [6, 6.07) is 7.15. The zero-order chi connectivity index (χ0) is 14.7. The van der Waals surface area contributed by atoms with Gasteiger partial charge in [0.15, 0.2) is 0 Å². The number of aromatic nitrogens is 1. The third kappa shape index (κ3) is 3.07. The van der Waals surface area contributed by atoms with E-state index in [0.717, 1.165) is 5.39 Å². The van der Waals surface area contributed by atoms with Crippen molar-refractivity contribution < 1.29 is 14.3 Å². The van der Waals surface area contributed by atoms with E-state index in [4.69, 9.17) is 9.47 Å². The number of hydrogen-bond donors (Lipinski definition) is 0. The number of rotatable bonds is 4. The van der Waals surface area contributed by atoms with Crippen molar-refractivity contribution in [2.45, 2.75) is 39.9 Å². The molecule has 0 bridgehead atoms. The highest BCUT2D eigenvalue weighted by molar-refractivity contribution is 6.05. The smallest absolute Gasteiger partial charge is 0.339 e. The van der Waals surface area contributed by atoms with Gasteiger partial charge in [0.2, 0.25) is 0 Å². The van der Waals surface area contributed by atoms with Gasteiger partial charge < -0.3 is 9.47 Å². The molecule has 0 N–H and O–H groups in total. The molecule has 2 aromatic rings. The van der Waals surface area contributed by atoms with Crippen LogP contribution in [-0.2, 0) is 4.74 Å². The Bertz CT molecular complexity index is 620. The fraction of sp³-hybridized carbons (Fsp3) is 0.375. The number of hydrogen-bond acceptors (Lipinski definition) is 4. The fourth-order valence-corrected chi connectivity index (χ4v) is 1.95. The molecule has 0 aliphatic heterocycles. The van der Waals surface area contributed by atoms with Gasteiger partial charge in [0.05, 0.1) is 17.8 Å². The summed E-state index contributed by atoms with van der Waals surface area (Å²) in [5.41, 5.74) is 1.19. The highest BCUT2D eigenvalue weighted by atomic mass is 16.5. The highest BCUT2D eigenvalue weighted by Gasteiger charge is 2.16. The molecule has 1 aromatic heterocycles. The first-order chi connectivity index (χ1) is 9.49. The lowest BCUT2D eigenvalue weighted by Gasteiger charge is -2.14. The minimum absolute atomic E-state index is 0.0497. The normalized spacial score (nSPS) is 11.1. The molecule has 0 aliphatic carbocycles. The van der Waals surface area contributed by atoms with Crippen LogP contribution in [0.1, 0.15) is 38.1 Å². The minimum Gasteiger partial charge on any atom is -0.489 e. The maximum Gasteiger partial charge on any atom is 0.339 e. The first-order valence-electron chi connectivity index (χ1n) is 6.74. The second kappa shape index (κ2) is 5.90. The summed E-state index contributed by atoms with van der Waals surface area (Å²) in [5, 5.41) is 0.747. The van der Waals surface area contributed by atoms with Crippen LogP contribution in [0.3, 0.4) is 0 Å². The Labute approximate surface area is 118 Å². The largest absolute Gasteiger partial charge is 0.489 e. The van der Waals surface area contributed by atoms with E-state index in [-0.39, 0.29) is 18.2 Å². The van der Waals surface area contributed by atoms with E-state index >= 15 is 0 Å². The minimum atomic E-state index is -0.339. The van der Waals surface area contributed by atoms with Crippen LogP contribution in [0.2, 0.25) is 0 Å². The third-order valence-electron chi connectivity index (χ3n) is 2.66. The predicted octanol–water partition coefficient (Wildman–Crippen LogP) is 3.59. The molecule has 0 saturated heterocycles. The monoisotopic (exact) mass is 273 g/mol. The van der Waals surface area contributed by atoms with Crippen LogP contribution in [0.5, 0.6) is 5.75 Å². The number of carbonyl (C=O) groups excluding carboxylic acids is 1. The van der Waals surface area contributed by atoms with E-state index < -0.39 is 0 Å². The van der Waals surface area contributed by atoms with Gasteiger partial charge in [-0.2, -0.15) is 0 Å². The Morgan fingerprint density at radius 3 is 2.50 bits per heavy atom. The van der Waals surface area contributed by atoms with Crippen LogP contribution in [0, 0.1) is 0 Å². The van der Waals surface area contributed by atoms with Crippen molar-refractivity contribution in [1.29, 1.82) is 0 Å². The van der Waals surface area contributed by atoms with Crippen LogP contribution in [0.4, 0.5) is 0 Å². The van der Waals surface area contributed by atoms with E-state index in [9.17, 15) is 4.79 Å². The SMILES string of the molecule is CC(C)OC(=O)c1ccc(OC(C)C)c2ncccc12. The molecule has 0 radical (unpaired) electrons. The van der Waals surface area contributed by atoms with E-state index in [1.54, 1.807) is 24.4 Å². The van der Waals surface area contributed by atoms with Gasteiger partial charge in [0.25, 0.3) is 0 Å². The number of benzene rings is 1. The lowest BCUT2D eigenvalue weighted by molar-refractivity contribution is 0.0380. The van der Waals surface area contributed by atoms with Crippen molar-refractivity contribution in [2.75, 3.05) is 0 Å². The van der Waals surface area contributed by atoms with Crippen LogP contribution in [0.15, 0.2) is 30.5 Å². The number of nitrogens with zero attached hydrogens (tertiary/aromatic N) is 1. The van der Waals surface area contributed by atoms with Crippen molar-refractivity contribution in [2.24, 2.45) is 0 Å². The number of ether oxygens (including phenoxy) is 2. The van der Waals surface area contributed by atoms with Gasteiger partial charge in [-0.15, -0.1) is 0 Å². The summed E-state index contributed by atoms with van der Waals surface area (Å²) in [6.07, 6.45) is 1.59. The zero-order valence-electron chi connectivity index (χ0n) is 12.2. The summed E-state index contributed by atoms with van der Waals surface area (Å²) in [7, 11) is 0. The van der Waals surface area contributed by atoms with E-state index in [2.05, 4.69) is 4.98 Å². The predicted molar refractivity (Wildman–Crippen MR) is 78.1 cm³/mol. The summed E-state index contributed by atoms with van der Waals surface area (Å²) in [4.78, 5) is 16.4. The molecule has 0 atom stereocenters. The molecule has 2 rings (SSSR count). The van der Waals surface area contributed by atoms with Crippen LogP contribution >= 0.6 is 0 Å². The van der Waals surface area contributed by atoms with Gasteiger partial charge in [-0.25, -0.2) is 4.79 Å². The summed E-state index contributed by atoms with van der Waals surface area (Å²) in [6.45, 7) is 7.56. The second-order valence-electron chi connectivity index (χ2n) is 5.13. The molecule has 20 heavy (non-hydrogen) atoms. The zero-order valence-corrected chi connectivity index (χ0v) is 12.2. The average molecular weight is 273 g/mol. The Hall–Kier alpha value is -2.10. The Morgan fingerprint density at radius 1 is 1.10 bits per heavy atom. The average Bonchev–Trinajstić information content (AvgIpc) is 2.37. The summed E-state index contributed by atoms with van der Waals surface area (Å²) < 4.78 is 11.0. The maximum atomic E-state index is 12.1. The standard InChI is InChI=1S/C16H19NO3/c1-10(2)19-14-8-7-13(16(18)20-11(3)4)12-6-5-9-17-15(12)14/h5-11H,1-4H3. The maximum absolute atomic E-state index is 12.1. The van der Waals surface area contributed by atoms with Gasteiger partial charge in [-0.3, -0.25) is 4.98 Å². The van der Waals surface area contributed by atoms with Crippen molar-refractivity contribution in [3.8, 4) is 5.75 Å². The van der Waals surface area contributed by atoms with Crippen molar-refractivity contribution in [3.63, 3.8) is 0 Å². The molecular formula is C16H19NO3. The quantitative estimate of drug-likeness (QED) is 0.799. The van der Waals surface area contributed by atoms with E-state index in [0.29, 0.717) is 16.8 Å². The Balaban J connectivity index is 2.51. The van der Waals surface area contributed by atoms with Crippen LogP contribution < -0.4 is 4.74 Å². The molecule has 1 heterocycles.